The normalized spacial score (nSPS) is 21.0. The highest BCUT2D eigenvalue weighted by Crippen LogP contribution is 2.29. The van der Waals surface area contributed by atoms with Gasteiger partial charge in [-0.05, 0) is 31.7 Å². The molecule has 3 rings (SSSR count). The van der Waals surface area contributed by atoms with Gasteiger partial charge in [-0.1, -0.05) is 20.3 Å². The Morgan fingerprint density at radius 1 is 1.36 bits per heavy atom. The molecule has 1 saturated heterocycles. The number of piperidine rings is 1. The molecular formula is C21H32N3O3S+. The number of quaternary nitrogens is 1. The van der Waals surface area contributed by atoms with Gasteiger partial charge in [0.25, 0.3) is 5.56 Å². The molecule has 3 heterocycles. The summed E-state index contributed by atoms with van der Waals surface area (Å²) in [6.07, 6.45) is 3.69. The van der Waals surface area contributed by atoms with Gasteiger partial charge in [-0.25, -0.2) is 4.98 Å². The molecule has 1 aliphatic rings. The van der Waals surface area contributed by atoms with E-state index in [1.807, 2.05) is 6.92 Å². The number of H-pyrrole nitrogens is 1. The number of nitrogens with zero attached hydrogens (tertiary/aromatic N) is 1. The number of carbonyl (C=O) groups excluding carboxylic acids is 1. The van der Waals surface area contributed by atoms with E-state index >= 15 is 0 Å². The third-order valence-electron chi connectivity index (χ3n) is 5.89. The third kappa shape index (κ3) is 4.63. The Labute approximate surface area is 170 Å². The van der Waals surface area contributed by atoms with E-state index < -0.39 is 0 Å². The first-order valence-corrected chi connectivity index (χ1v) is 11.3. The molecule has 1 fully saturated rings. The van der Waals surface area contributed by atoms with Gasteiger partial charge >= 0.3 is 5.97 Å². The van der Waals surface area contributed by atoms with E-state index in [2.05, 4.69) is 25.8 Å². The van der Waals surface area contributed by atoms with Crippen molar-refractivity contribution >= 4 is 27.5 Å². The fraction of sp³-hybridized carbons (Fsp3) is 0.667. The molecule has 1 aliphatic heterocycles. The topological polar surface area (TPSA) is 76.5 Å². The fourth-order valence-electron chi connectivity index (χ4n) is 3.98. The number of aromatic amines is 1. The van der Waals surface area contributed by atoms with Gasteiger partial charge < -0.3 is 14.6 Å². The summed E-state index contributed by atoms with van der Waals surface area (Å²) in [7, 11) is 0. The van der Waals surface area contributed by atoms with Crippen LogP contribution in [0.5, 0.6) is 0 Å². The number of nitrogens with one attached hydrogen (secondary N) is 2. The minimum absolute atomic E-state index is 0.0107. The van der Waals surface area contributed by atoms with E-state index in [4.69, 9.17) is 9.72 Å². The molecule has 6 nitrogen and oxygen atoms in total. The number of esters is 1. The fourth-order valence-corrected chi connectivity index (χ4v) is 5.05. The van der Waals surface area contributed by atoms with Crippen molar-refractivity contribution < 1.29 is 14.4 Å². The van der Waals surface area contributed by atoms with Gasteiger partial charge in [0.05, 0.1) is 31.0 Å². The average molecular weight is 407 g/mol. The largest absolute Gasteiger partial charge is 0.466 e. The molecule has 0 spiro atoms. The van der Waals surface area contributed by atoms with Gasteiger partial charge in [0, 0.05) is 17.7 Å². The van der Waals surface area contributed by atoms with Crippen molar-refractivity contribution in [2.75, 3.05) is 19.7 Å². The summed E-state index contributed by atoms with van der Waals surface area (Å²) >= 11 is 1.63. The first-order chi connectivity index (χ1) is 13.4. The van der Waals surface area contributed by atoms with Crippen molar-refractivity contribution in [3.05, 3.63) is 26.6 Å². The average Bonchev–Trinajstić information content (AvgIpc) is 2.98. The smallest absolute Gasteiger partial charge is 0.309 e. The van der Waals surface area contributed by atoms with Crippen LogP contribution in [-0.4, -0.2) is 35.6 Å². The summed E-state index contributed by atoms with van der Waals surface area (Å²) in [5, 5.41) is 0.780. The molecule has 7 heteroatoms. The van der Waals surface area contributed by atoms with Crippen molar-refractivity contribution in [3.8, 4) is 0 Å². The standard InChI is InChI=1S/C21H31N3O3S/c1-5-13(3)11-16-14(4)28-20-18(16)19(25)22-17(23-20)12-24-9-7-15(8-10-24)21(26)27-6-2/h13,15H,5-12H2,1-4H3,(H,22,23,25)/p+1/t13-/m0/s1. The van der Waals surface area contributed by atoms with E-state index in [0.717, 1.165) is 60.4 Å². The van der Waals surface area contributed by atoms with Gasteiger partial charge in [0.1, 0.15) is 11.4 Å². The number of aromatic nitrogens is 2. The number of hydrogen-bond acceptors (Lipinski definition) is 5. The second kappa shape index (κ2) is 9.18. The Hall–Kier alpha value is -1.73. The Morgan fingerprint density at radius 3 is 2.71 bits per heavy atom. The zero-order valence-electron chi connectivity index (χ0n) is 17.4. The minimum Gasteiger partial charge on any atom is -0.466 e. The van der Waals surface area contributed by atoms with E-state index in [-0.39, 0.29) is 17.4 Å². The molecule has 0 unspecified atom stereocenters. The van der Waals surface area contributed by atoms with Crippen molar-refractivity contribution in [1.29, 1.82) is 0 Å². The Kier molecular flexibility index (Phi) is 6.88. The van der Waals surface area contributed by atoms with Crippen molar-refractivity contribution in [1.82, 2.24) is 9.97 Å². The monoisotopic (exact) mass is 406 g/mol. The van der Waals surface area contributed by atoms with Crippen LogP contribution in [0.25, 0.3) is 10.2 Å². The molecule has 0 aromatic carbocycles. The lowest BCUT2D eigenvalue weighted by Gasteiger charge is -2.27. The minimum atomic E-state index is -0.0719. The summed E-state index contributed by atoms with van der Waals surface area (Å²) in [5.41, 5.74) is 1.15. The lowest BCUT2D eigenvalue weighted by molar-refractivity contribution is -0.920. The van der Waals surface area contributed by atoms with Gasteiger partial charge in [-0.3, -0.25) is 9.59 Å². The van der Waals surface area contributed by atoms with Crippen LogP contribution < -0.4 is 10.5 Å². The van der Waals surface area contributed by atoms with Crippen molar-refractivity contribution in [2.24, 2.45) is 11.8 Å². The van der Waals surface area contributed by atoms with E-state index in [0.29, 0.717) is 19.1 Å². The SMILES string of the molecule is CCOC(=O)C1CC[NH+](Cc2nc3sc(C)c(C[C@@H](C)CC)c3c(=O)[nH]2)CC1. The molecule has 2 aromatic heterocycles. The zero-order valence-corrected chi connectivity index (χ0v) is 18.2. The lowest BCUT2D eigenvalue weighted by atomic mass is 9.97. The van der Waals surface area contributed by atoms with Crippen LogP contribution >= 0.6 is 11.3 Å². The molecule has 154 valence electrons. The second-order valence-electron chi connectivity index (χ2n) is 8.00. The molecule has 0 saturated carbocycles. The number of thiophene rings is 1. The summed E-state index contributed by atoms with van der Waals surface area (Å²) < 4.78 is 5.14. The summed E-state index contributed by atoms with van der Waals surface area (Å²) in [6.45, 7) is 11.3. The maximum atomic E-state index is 12.8. The number of likely N-dealkylation sites (tertiary alicyclic amines) is 1. The highest BCUT2D eigenvalue weighted by molar-refractivity contribution is 7.18. The predicted molar refractivity (Wildman–Crippen MR) is 112 cm³/mol. The predicted octanol–water partition coefficient (Wildman–Crippen LogP) is 2.24. The number of rotatable bonds is 7. The third-order valence-corrected chi connectivity index (χ3v) is 6.93. The van der Waals surface area contributed by atoms with Gasteiger partial charge in [-0.15, -0.1) is 11.3 Å². The number of fused-ring (bicyclic) bond motifs is 1. The maximum Gasteiger partial charge on any atom is 0.309 e. The molecule has 0 bridgehead atoms. The second-order valence-corrected chi connectivity index (χ2v) is 9.20. The molecule has 0 aliphatic carbocycles. The number of ether oxygens (including phenoxy) is 1. The van der Waals surface area contributed by atoms with Crippen LogP contribution in [0, 0.1) is 18.8 Å². The molecule has 1 atom stereocenters. The molecule has 28 heavy (non-hydrogen) atoms. The van der Waals surface area contributed by atoms with Gasteiger partial charge in [0.15, 0.2) is 5.82 Å². The lowest BCUT2D eigenvalue weighted by Crippen LogP contribution is -3.12. The summed E-state index contributed by atoms with van der Waals surface area (Å²) in [5.74, 6) is 1.25. The first-order valence-electron chi connectivity index (χ1n) is 10.4. The molecule has 2 aromatic rings. The number of hydrogen-bond donors (Lipinski definition) is 2. The van der Waals surface area contributed by atoms with E-state index in [1.54, 1.807) is 11.3 Å². The number of aryl methyl sites for hydroxylation is 1. The Bertz CT molecular complexity index is 881. The number of carbonyl (C=O) groups is 1. The van der Waals surface area contributed by atoms with Crippen LogP contribution in [0.2, 0.25) is 0 Å². The van der Waals surface area contributed by atoms with E-state index in [9.17, 15) is 9.59 Å². The molecule has 2 N–H and O–H groups in total. The Balaban J connectivity index is 1.72. The maximum absolute atomic E-state index is 12.8. The summed E-state index contributed by atoms with van der Waals surface area (Å²) in [6, 6.07) is 0. The first kappa shape index (κ1) is 21.0. The van der Waals surface area contributed by atoms with Crippen LogP contribution in [0.4, 0.5) is 0 Å². The molecular weight excluding hydrogens is 374 g/mol. The van der Waals surface area contributed by atoms with Crippen LogP contribution in [0.1, 0.15) is 56.3 Å². The van der Waals surface area contributed by atoms with Crippen molar-refractivity contribution in [3.63, 3.8) is 0 Å². The van der Waals surface area contributed by atoms with Crippen LogP contribution in [-0.2, 0) is 22.5 Å². The van der Waals surface area contributed by atoms with Crippen molar-refractivity contribution in [2.45, 2.75) is 59.9 Å². The van der Waals surface area contributed by atoms with Crippen LogP contribution in [0.3, 0.4) is 0 Å². The van der Waals surface area contributed by atoms with E-state index in [1.165, 1.54) is 9.78 Å². The highest BCUT2D eigenvalue weighted by atomic mass is 32.1. The molecule has 0 radical (unpaired) electrons. The molecule has 0 amide bonds. The zero-order chi connectivity index (χ0) is 20.3. The highest BCUT2D eigenvalue weighted by Gasteiger charge is 2.29. The van der Waals surface area contributed by atoms with Crippen LogP contribution in [0.15, 0.2) is 4.79 Å². The van der Waals surface area contributed by atoms with Gasteiger partial charge in [-0.2, -0.15) is 0 Å². The summed E-state index contributed by atoms with van der Waals surface area (Å²) in [4.78, 5) is 35.9. The quantitative estimate of drug-likeness (QED) is 0.692. The van der Waals surface area contributed by atoms with Gasteiger partial charge in [0.2, 0.25) is 0 Å². The Morgan fingerprint density at radius 2 is 2.07 bits per heavy atom.